The van der Waals surface area contributed by atoms with Crippen molar-refractivity contribution in [1.82, 2.24) is 15.3 Å². The maximum atomic E-state index is 9.69. The van der Waals surface area contributed by atoms with Gasteiger partial charge in [0.1, 0.15) is 30.3 Å². The molecule has 0 radical (unpaired) electrons. The van der Waals surface area contributed by atoms with Crippen LogP contribution in [0.1, 0.15) is 12.5 Å². The lowest BCUT2D eigenvalue weighted by atomic mass is 10.2. The molecule has 1 aromatic heterocycles. The van der Waals surface area contributed by atoms with E-state index in [1.54, 1.807) is 6.07 Å². The molecular formula is C19H22N4O2. The molecule has 0 amide bonds. The largest absolute Gasteiger partial charge is 0.508 e. The number of likely N-dealkylation sites (N-methyl/N-ethyl adjacent to an activating group) is 1. The maximum absolute atomic E-state index is 9.69. The molecule has 3 aromatic rings. The molecule has 0 unspecified atom stereocenters. The van der Waals surface area contributed by atoms with Gasteiger partial charge in [0.15, 0.2) is 0 Å². The number of benzene rings is 2. The zero-order valence-corrected chi connectivity index (χ0v) is 14.6. The van der Waals surface area contributed by atoms with E-state index in [9.17, 15) is 5.11 Å². The summed E-state index contributed by atoms with van der Waals surface area (Å²) in [5.74, 6) is 1.67. The molecule has 0 saturated carbocycles. The molecule has 3 N–H and O–H groups in total. The molecule has 6 heteroatoms. The van der Waals surface area contributed by atoms with Gasteiger partial charge < -0.3 is 20.5 Å². The summed E-state index contributed by atoms with van der Waals surface area (Å²) in [6.45, 7) is 4.45. The number of fused-ring (bicyclic) bond motifs is 1. The van der Waals surface area contributed by atoms with Crippen molar-refractivity contribution in [1.29, 1.82) is 0 Å². The van der Waals surface area contributed by atoms with Crippen LogP contribution in [0, 0.1) is 6.92 Å². The second kappa shape index (κ2) is 7.36. The van der Waals surface area contributed by atoms with E-state index in [-0.39, 0.29) is 11.8 Å². The second-order valence-corrected chi connectivity index (χ2v) is 6.00. The van der Waals surface area contributed by atoms with Gasteiger partial charge in [-0.25, -0.2) is 9.97 Å². The lowest BCUT2D eigenvalue weighted by molar-refractivity contribution is 0.283. The van der Waals surface area contributed by atoms with Crippen LogP contribution in [0.5, 0.6) is 11.5 Å². The van der Waals surface area contributed by atoms with Gasteiger partial charge in [-0.15, -0.1) is 0 Å². The van der Waals surface area contributed by atoms with Gasteiger partial charge in [-0.1, -0.05) is 6.07 Å². The number of aryl methyl sites for hydroxylation is 1. The fourth-order valence-corrected chi connectivity index (χ4v) is 2.46. The third kappa shape index (κ3) is 3.80. The van der Waals surface area contributed by atoms with Crippen molar-refractivity contribution >= 4 is 22.4 Å². The van der Waals surface area contributed by atoms with Crippen LogP contribution in [0.15, 0.2) is 42.7 Å². The van der Waals surface area contributed by atoms with Crippen molar-refractivity contribution in [3.63, 3.8) is 0 Å². The van der Waals surface area contributed by atoms with Crippen LogP contribution in [-0.2, 0) is 0 Å². The van der Waals surface area contributed by atoms with E-state index in [0.29, 0.717) is 12.4 Å². The Bertz CT molecular complexity index is 877. The Kier molecular flexibility index (Phi) is 5.00. The van der Waals surface area contributed by atoms with E-state index in [2.05, 4.69) is 27.5 Å². The van der Waals surface area contributed by atoms with Gasteiger partial charge in [0.25, 0.3) is 0 Å². The van der Waals surface area contributed by atoms with Crippen molar-refractivity contribution < 1.29 is 9.84 Å². The van der Waals surface area contributed by atoms with Crippen molar-refractivity contribution in [3.8, 4) is 11.5 Å². The number of aromatic hydroxyl groups is 1. The Morgan fingerprint density at radius 2 is 2.04 bits per heavy atom. The molecule has 1 atom stereocenters. The minimum absolute atomic E-state index is 0.232. The SMILES string of the molecule is CN[C@H](C)COc1cccc2ncnc(Nc3ccc(O)c(C)c3)c12. The van der Waals surface area contributed by atoms with Crippen LogP contribution in [0.2, 0.25) is 0 Å². The van der Waals surface area contributed by atoms with Gasteiger partial charge in [0.05, 0.1) is 10.9 Å². The standard InChI is InChI=1S/C19H22N4O2/c1-12-9-14(7-8-16(12)24)23-19-18-15(21-11-22-19)5-4-6-17(18)25-10-13(2)20-3/h4-9,11,13,20,24H,10H2,1-3H3,(H,21,22,23)/t13-/m1/s1. The average molecular weight is 338 g/mol. The highest BCUT2D eigenvalue weighted by atomic mass is 16.5. The summed E-state index contributed by atoms with van der Waals surface area (Å²) in [6, 6.07) is 11.3. The fraction of sp³-hybridized carbons (Fsp3) is 0.263. The van der Waals surface area contributed by atoms with Crippen LogP contribution in [0.25, 0.3) is 10.9 Å². The van der Waals surface area contributed by atoms with Gasteiger partial charge in [-0.05, 0) is 56.8 Å². The van der Waals surface area contributed by atoms with Crippen molar-refractivity contribution in [3.05, 3.63) is 48.3 Å². The molecule has 2 aromatic carbocycles. The zero-order chi connectivity index (χ0) is 17.8. The number of nitrogens with zero attached hydrogens (tertiary/aromatic N) is 2. The highest BCUT2D eigenvalue weighted by Gasteiger charge is 2.12. The fourth-order valence-electron chi connectivity index (χ4n) is 2.46. The van der Waals surface area contributed by atoms with E-state index in [4.69, 9.17) is 4.74 Å². The highest BCUT2D eigenvalue weighted by molar-refractivity contribution is 5.95. The normalized spacial score (nSPS) is 12.1. The van der Waals surface area contributed by atoms with Gasteiger partial charge >= 0.3 is 0 Å². The first-order valence-corrected chi connectivity index (χ1v) is 8.19. The first-order chi connectivity index (χ1) is 12.1. The Labute approximate surface area is 146 Å². The minimum atomic E-state index is 0.232. The summed E-state index contributed by atoms with van der Waals surface area (Å²) < 4.78 is 5.97. The third-order valence-electron chi connectivity index (χ3n) is 4.07. The van der Waals surface area contributed by atoms with Crippen LogP contribution in [0.4, 0.5) is 11.5 Å². The number of rotatable bonds is 6. The first-order valence-electron chi connectivity index (χ1n) is 8.19. The molecule has 3 rings (SSSR count). The number of hydrogen-bond donors (Lipinski definition) is 3. The molecule has 25 heavy (non-hydrogen) atoms. The second-order valence-electron chi connectivity index (χ2n) is 6.00. The number of ether oxygens (including phenoxy) is 1. The van der Waals surface area contributed by atoms with Crippen LogP contribution < -0.4 is 15.4 Å². The minimum Gasteiger partial charge on any atom is -0.508 e. The Morgan fingerprint density at radius 3 is 2.80 bits per heavy atom. The molecule has 0 bridgehead atoms. The number of aromatic nitrogens is 2. The van der Waals surface area contributed by atoms with Gasteiger partial charge in [0.2, 0.25) is 0 Å². The molecule has 0 aliphatic carbocycles. The summed E-state index contributed by atoms with van der Waals surface area (Å²) in [7, 11) is 1.90. The molecule has 0 spiro atoms. The Hall–Kier alpha value is -2.86. The maximum Gasteiger partial charge on any atom is 0.145 e. The van der Waals surface area contributed by atoms with Crippen molar-refractivity contribution in [2.75, 3.05) is 19.0 Å². The average Bonchev–Trinajstić information content (AvgIpc) is 2.62. The summed E-state index contributed by atoms with van der Waals surface area (Å²) in [5, 5.41) is 17.0. The zero-order valence-electron chi connectivity index (χ0n) is 14.6. The van der Waals surface area contributed by atoms with Gasteiger partial charge in [0, 0.05) is 11.7 Å². The molecule has 1 heterocycles. The van der Waals surface area contributed by atoms with E-state index < -0.39 is 0 Å². The molecular weight excluding hydrogens is 316 g/mol. The topological polar surface area (TPSA) is 79.3 Å². The van der Waals surface area contributed by atoms with Crippen molar-refractivity contribution in [2.24, 2.45) is 0 Å². The van der Waals surface area contributed by atoms with E-state index >= 15 is 0 Å². The highest BCUT2D eigenvalue weighted by Crippen LogP contribution is 2.32. The summed E-state index contributed by atoms with van der Waals surface area (Å²) in [5.41, 5.74) is 2.44. The van der Waals surface area contributed by atoms with Gasteiger partial charge in [-0.3, -0.25) is 0 Å². The van der Waals surface area contributed by atoms with Crippen molar-refractivity contribution in [2.45, 2.75) is 19.9 Å². The van der Waals surface area contributed by atoms with E-state index in [0.717, 1.165) is 27.9 Å². The van der Waals surface area contributed by atoms with Crippen LogP contribution in [-0.4, -0.2) is 34.8 Å². The molecule has 0 fully saturated rings. The predicted octanol–water partition coefficient (Wildman–Crippen LogP) is 3.37. The number of anilines is 2. The van der Waals surface area contributed by atoms with E-state index in [1.165, 1.54) is 6.33 Å². The summed E-state index contributed by atoms with van der Waals surface area (Å²) in [6.07, 6.45) is 1.53. The van der Waals surface area contributed by atoms with E-state index in [1.807, 2.05) is 44.3 Å². The smallest absolute Gasteiger partial charge is 0.145 e. The lowest BCUT2D eigenvalue weighted by Gasteiger charge is -2.15. The Morgan fingerprint density at radius 1 is 1.20 bits per heavy atom. The van der Waals surface area contributed by atoms with Crippen LogP contribution >= 0.6 is 0 Å². The number of hydrogen-bond acceptors (Lipinski definition) is 6. The third-order valence-corrected chi connectivity index (χ3v) is 4.07. The van der Waals surface area contributed by atoms with Crippen LogP contribution in [0.3, 0.4) is 0 Å². The molecule has 130 valence electrons. The molecule has 0 aliphatic heterocycles. The lowest BCUT2D eigenvalue weighted by Crippen LogP contribution is -2.28. The number of nitrogens with one attached hydrogen (secondary N) is 2. The number of phenols is 1. The summed E-state index contributed by atoms with van der Waals surface area (Å²) in [4.78, 5) is 8.72. The quantitative estimate of drug-likeness (QED) is 0.598. The molecule has 0 aliphatic rings. The first kappa shape index (κ1) is 17.0. The number of phenolic OH excluding ortho intramolecular Hbond substituents is 1. The monoisotopic (exact) mass is 338 g/mol. The Balaban J connectivity index is 1.98. The predicted molar refractivity (Wildman–Crippen MR) is 99.7 cm³/mol. The molecule has 6 nitrogen and oxygen atoms in total. The molecule has 0 saturated heterocycles. The van der Waals surface area contributed by atoms with Gasteiger partial charge in [-0.2, -0.15) is 0 Å². The summed E-state index contributed by atoms with van der Waals surface area (Å²) >= 11 is 0.